The van der Waals surface area contributed by atoms with Gasteiger partial charge in [-0.2, -0.15) is 0 Å². The first-order chi connectivity index (χ1) is 8.79. The lowest BCUT2D eigenvalue weighted by atomic mass is 10.1. The Morgan fingerprint density at radius 1 is 1.39 bits per heavy atom. The van der Waals surface area contributed by atoms with E-state index in [9.17, 15) is 0 Å². The van der Waals surface area contributed by atoms with Gasteiger partial charge in [-0.1, -0.05) is 6.92 Å². The lowest BCUT2D eigenvalue weighted by Crippen LogP contribution is -2.24. The summed E-state index contributed by atoms with van der Waals surface area (Å²) in [6.45, 7) is 3.15. The standard InChI is InChI=1S/C14H17BrN2O/c1-2-6-16-14(8-11-5-7-18-10-11)13-4-3-12(15)9-17-13/h3-5,7,9-10,14,16H,2,6,8H2,1H3. The van der Waals surface area contributed by atoms with Crippen molar-refractivity contribution in [3.8, 4) is 0 Å². The number of aromatic nitrogens is 1. The number of nitrogens with zero attached hydrogens (tertiary/aromatic N) is 1. The van der Waals surface area contributed by atoms with E-state index in [4.69, 9.17) is 4.42 Å². The summed E-state index contributed by atoms with van der Waals surface area (Å²) in [6, 6.07) is 6.31. The molecule has 0 bridgehead atoms. The second-order valence-electron chi connectivity index (χ2n) is 4.24. The van der Waals surface area contributed by atoms with Crippen molar-refractivity contribution in [2.24, 2.45) is 0 Å². The molecule has 3 nitrogen and oxygen atoms in total. The van der Waals surface area contributed by atoms with Gasteiger partial charge < -0.3 is 9.73 Å². The van der Waals surface area contributed by atoms with Crippen molar-refractivity contribution in [1.29, 1.82) is 0 Å². The van der Waals surface area contributed by atoms with Gasteiger partial charge in [0.2, 0.25) is 0 Å². The monoisotopic (exact) mass is 308 g/mol. The van der Waals surface area contributed by atoms with Crippen LogP contribution in [-0.4, -0.2) is 11.5 Å². The largest absolute Gasteiger partial charge is 0.472 e. The van der Waals surface area contributed by atoms with E-state index in [0.29, 0.717) is 0 Å². The summed E-state index contributed by atoms with van der Waals surface area (Å²) in [7, 11) is 0. The van der Waals surface area contributed by atoms with Crippen LogP contribution in [0.4, 0.5) is 0 Å². The molecule has 0 aliphatic carbocycles. The predicted octanol–water partition coefficient (Wildman–Crippen LogP) is 3.72. The molecule has 0 saturated heterocycles. The van der Waals surface area contributed by atoms with Gasteiger partial charge >= 0.3 is 0 Å². The first-order valence-electron chi connectivity index (χ1n) is 6.15. The normalized spacial score (nSPS) is 12.6. The first kappa shape index (κ1) is 13.3. The van der Waals surface area contributed by atoms with Gasteiger partial charge in [0.1, 0.15) is 0 Å². The Morgan fingerprint density at radius 2 is 2.28 bits per heavy atom. The minimum absolute atomic E-state index is 0.232. The third kappa shape index (κ3) is 3.68. The smallest absolute Gasteiger partial charge is 0.0935 e. The summed E-state index contributed by atoms with van der Waals surface area (Å²) in [5.74, 6) is 0. The van der Waals surface area contributed by atoms with Crippen molar-refractivity contribution >= 4 is 15.9 Å². The van der Waals surface area contributed by atoms with Crippen LogP contribution in [0.1, 0.15) is 30.6 Å². The van der Waals surface area contributed by atoms with Crippen LogP contribution in [0.3, 0.4) is 0 Å². The van der Waals surface area contributed by atoms with Crippen LogP contribution in [-0.2, 0) is 6.42 Å². The zero-order chi connectivity index (χ0) is 12.8. The van der Waals surface area contributed by atoms with Gasteiger partial charge in [-0.05, 0) is 59.1 Å². The number of pyridine rings is 1. The van der Waals surface area contributed by atoms with Crippen LogP contribution >= 0.6 is 15.9 Å². The average Bonchev–Trinajstić information content (AvgIpc) is 2.88. The maximum atomic E-state index is 5.12. The summed E-state index contributed by atoms with van der Waals surface area (Å²) in [5.41, 5.74) is 2.25. The molecule has 0 aliphatic rings. The maximum absolute atomic E-state index is 5.12. The summed E-state index contributed by atoms with van der Waals surface area (Å²) >= 11 is 3.41. The zero-order valence-corrected chi connectivity index (χ0v) is 12.0. The van der Waals surface area contributed by atoms with Crippen LogP contribution in [0, 0.1) is 0 Å². The maximum Gasteiger partial charge on any atom is 0.0935 e. The molecular formula is C14H17BrN2O. The highest BCUT2D eigenvalue weighted by atomic mass is 79.9. The number of rotatable bonds is 6. The van der Waals surface area contributed by atoms with Crippen molar-refractivity contribution < 1.29 is 4.42 Å². The number of hydrogen-bond donors (Lipinski definition) is 1. The Labute approximate surface area is 116 Å². The van der Waals surface area contributed by atoms with Gasteiger partial charge in [-0.3, -0.25) is 4.98 Å². The number of hydrogen-bond acceptors (Lipinski definition) is 3. The molecule has 0 amide bonds. The minimum Gasteiger partial charge on any atom is -0.472 e. The van der Waals surface area contributed by atoms with Gasteiger partial charge in [0, 0.05) is 10.7 Å². The molecule has 0 fully saturated rings. The molecule has 4 heteroatoms. The molecule has 2 heterocycles. The van der Waals surface area contributed by atoms with Crippen LogP contribution in [0.5, 0.6) is 0 Å². The van der Waals surface area contributed by atoms with E-state index in [2.05, 4.69) is 39.2 Å². The second kappa shape index (κ2) is 6.71. The van der Waals surface area contributed by atoms with Crippen LogP contribution < -0.4 is 5.32 Å². The van der Waals surface area contributed by atoms with Gasteiger partial charge in [0.15, 0.2) is 0 Å². The number of halogens is 1. The van der Waals surface area contributed by atoms with Crippen molar-refractivity contribution in [3.63, 3.8) is 0 Å². The highest BCUT2D eigenvalue weighted by molar-refractivity contribution is 9.10. The Morgan fingerprint density at radius 3 is 2.89 bits per heavy atom. The molecular weight excluding hydrogens is 292 g/mol. The van der Waals surface area contributed by atoms with Gasteiger partial charge in [-0.25, -0.2) is 0 Å². The van der Waals surface area contributed by atoms with Gasteiger partial charge in [-0.15, -0.1) is 0 Å². The van der Waals surface area contributed by atoms with Crippen LogP contribution in [0.15, 0.2) is 45.8 Å². The summed E-state index contributed by atoms with van der Waals surface area (Å²) < 4.78 is 6.12. The van der Waals surface area contributed by atoms with Gasteiger partial charge in [0.25, 0.3) is 0 Å². The molecule has 0 radical (unpaired) electrons. The van der Waals surface area contributed by atoms with Crippen molar-refractivity contribution in [3.05, 3.63) is 52.7 Å². The van der Waals surface area contributed by atoms with E-state index in [-0.39, 0.29) is 6.04 Å². The van der Waals surface area contributed by atoms with E-state index in [0.717, 1.165) is 29.6 Å². The van der Waals surface area contributed by atoms with Crippen LogP contribution in [0.2, 0.25) is 0 Å². The lowest BCUT2D eigenvalue weighted by molar-refractivity contribution is 0.511. The SMILES string of the molecule is CCCNC(Cc1ccoc1)c1ccc(Br)cn1. The molecule has 1 unspecified atom stereocenters. The molecule has 0 spiro atoms. The van der Waals surface area contributed by atoms with Crippen molar-refractivity contribution in [2.75, 3.05) is 6.54 Å². The fourth-order valence-corrected chi connectivity index (χ4v) is 2.07. The Hall–Kier alpha value is -1.13. The molecule has 1 N–H and O–H groups in total. The lowest BCUT2D eigenvalue weighted by Gasteiger charge is -2.17. The molecule has 96 valence electrons. The average molecular weight is 309 g/mol. The molecule has 2 rings (SSSR count). The topological polar surface area (TPSA) is 38.1 Å². The molecule has 2 aromatic rings. The third-order valence-electron chi connectivity index (χ3n) is 2.77. The Balaban J connectivity index is 2.11. The minimum atomic E-state index is 0.232. The van der Waals surface area contributed by atoms with Crippen molar-refractivity contribution in [1.82, 2.24) is 10.3 Å². The van der Waals surface area contributed by atoms with E-state index in [1.54, 1.807) is 12.5 Å². The third-order valence-corrected chi connectivity index (χ3v) is 3.24. The first-order valence-corrected chi connectivity index (χ1v) is 6.95. The quantitative estimate of drug-likeness (QED) is 0.884. The van der Waals surface area contributed by atoms with E-state index >= 15 is 0 Å². The molecule has 0 aromatic carbocycles. The molecule has 0 aliphatic heterocycles. The molecule has 1 atom stereocenters. The molecule has 0 saturated carbocycles. The second-order valence-corrected chi connectivity index (χ2v) is 5.16. The van der Waals surface area contributed by atoms with E-state index in [1.807, 2.05) is 18.3 Å². The van der Waals surface area contributed by atoms with Crippen LogP contribution in [0.25, 0.3) is 0 Å². The molecule has 2 aromatic heterocycles. The summed E-state index contributed by atoms with van der Waals surface area (Å²) in [5, 5.41) is 3.52. The van der Waals surface area contributed by atoms with Gasteiger partial charge in [0.05, 0.1) is 24.3 Å². The molecule has 18 heavy (non-hydrogen) atoms. The highest BCUT2D eigenvalue weighted by Gasteiger charge is 2.13. The predicted molar refractivity (Wildman–Crippen MR) is 75.4 cm³/mol. The number of furan rings is 1. The fraction of sp³-hybridized carbons (Fsp3) is 0.357. The zero-order valence-electron chi connectivity index (χ0n) is 10.4. The van der Waals surface area contributed by atoms with E-state index in [1.165, 1.54) is 5.56 Å². The summed E-state index contributed by atoms with van der Waals surface area (Å²) in [4.78, 5) is 4.47. The van der Waals surface area contributed by atoms with Crippen molar-refractivity contribution in [2.45, 2.75) is 25.8 Å². The Kier molecular flexibility index (Phi) is 4.96. The highest BCUT2D eigenvalue weighted by Crippen LogP contribution is 2.18. The fourth-order valence-electron chi connectivity index (χ4n) is 1.84. The number of nitrogens with one attached hydrogen (secondary N) is 1. The summed E-state index contributed by atoms with van der Waals surface area (Å²) in [6.07, 6.45) is 7.34. The Bertz CT molecular complexity index is 453. The van der Waals surface area contributed by atoms with E-state index < -0.39 is 0 Å².